The van der Waals surface area contributed by atoms with Crippen molar-refractivity contribution >= 4 is 60.1 Å². The molecule has 3 aromatic rings. The van der Waals surface area contributed by atoms with Crippen molar-refractivity contribution in [2.24, 2.45) is 0 Å². The average Bonchev–Trinajstić information content (AvgIpc) is 2.77. The molecule has 0 spiro atoms. The molecule has 0 fully saturated rings. The van der Waals surface area contributed by atoms with Crippen LogP contribution in [0.4, 0.5) is 0 Å². The summed E-state index contributed by atoms with van der Waals surface area (Å²) >= 11 is 7.24. The van der Waals surface area contributed by atoms with Crippen LogP contribution in [0.5, 0.6) is 5.75 Å². The number of para-hydroxylation sites is 1. The smallest absolute Gasteiger partial charge is 0.128 e. The van der Waals surface area contributed by atoms with Crippen LogP contribution in [-0.4, -0.2) is 10.1 Å². The number of thiazole rings is 1. The van der Waals surface area contributed by atoms with Crippen molar-refractivity contribution in [3.05, 3.63) is 44.4 Å². The first-order chi connectivity index (χ1) is 8.65. The number of hydrogen-bond acceptors (Lipinski definition) is 3. The molecular weight excluding hydrogens is 425 g/mol. The van der Waals surface area contributed by atoms with Crippen molar-refractivity contribution in [3.8, 4) is 16.3 Å². The molecule has 1 N–H and O–H groups in total. The number of hydrogen-bond donors (Lipinski definition) is 1. The summed E-state index contributed by atoms with van der Waals surface area (Å²) in [5, 5.41) is 10.9. The van der Waals surface area contributed by atoms with Crippen molar-refractivity contribution in [1.29, 1.82) is 0 Å². The number of fused-ring (bicyclic) bond motifs is 1. The van der Waals surface area contributed by atoms with Crippen LogP contribution in [0.2, 0.25) is 0 Å². The molecule has 0 radical (unpaired) electrons. The maximum atomic E-state index is 10.0. The summed E-state index contributed by atoms with van der Waals surface area (Å²) in [5.74, 6) is 0.265. The van der Waals surface area contributed by atoms with Crippen molar-refractivity contribution in [3.63, 3.8) is 0 Å². The number of phenols is 1. The van der Waals surface area contributed by atoms with E-state index >= 15 is 0 Å². The van der Waals surface area contributed by atoms with E-state index in [1.807, 2.05) is 30.3 Å². The molecule has 0 aliphatic heterocycles. The van der Waals surface area contributed by atoms with Crippen molar-refractivity contribution < 1.29 is 5.11 Å². The highest BCUT2D eigenvalue weighted by Gasteiger charge is 2.12. The molecule has 0 aliphatic rings. The van der Waals surface area contributed by atoms with Gasteiger partial charge in [-0.2, -0.15) is 0 Å². The third kappa shape index (κ3) is 2.15. The topological polar surface area (TPSA) is 33.1 Å². The number of aromatic nitrogens is 1. The molecular formula is C13H7BrINOS. The summed E-state index contributed by atoms with van der Waals surface area (Å²) in [6.07, 6.45) is 0. The number of rotatable bonds is 1. The van der Waals surface area contributed by atoms with Gasteiger partial charge < -0.3 is 5.11 Å². The number of benzene rings is 2. The Hall–Kier alpha value is -0.660. The predicted octanol–water partition coefficient (Wildman–Crippen LogP) is 5.04. The normalized spacial score (nSPS) is 11.0. The molecule has 2 aromatic carbocycles. The fourth-order valence-corrected chi connectivity index (χ4v) is 3.48. The minimum Gasteiger partial charge on any atom is -0.507 e. The van der Waals surface area contributed by atoms with E-state index in [9.17, 15) is 5.11 Å². The van der Waals surface area contributed by atoms with Gasteiger partial charge in [0.1, 0.15) is 10.8 Å². The third-order valence-corrected chi connectivity index (χ3v) is 5.92. The molecule has 5 heteroatoms. The first-order valence-electron chi connectivity index (χ1n) is 5.19. The largest absolute Gasteiger partial charge is 0.507 e. The zero-order valence-electron chi connectivity index (χ0n) is 9.02. The van der Waals surface area contributed by atoms with Crippen molar-refractivity contribution in [2.45, 2.75) is 0 Å². The lowest BCUT2D eigenvalue weighted by molar-refractivity contribution is 0.477. The molecule has 0 amide bonds. The van der Waals surface area contributed by atoms with Crippen molar-refractivity contribution in [2.75, 3.05) is 0 Å². The first kappa shape index (κ1) is 12.4. The molecule has 90 valence electrons. The Morgan fingerprint density at radius 3 is 2.78 bits per heavy atom. The minimum atomic E-state index is 0.265. The number of aromatic hydroxyl groups is 1. The summed E-state index contributed by atoms with van der Waals surface area (Å²) in [6.45, 7) is 0. The fraction of sp³-hybridized carbons (Fsp3) is 0. The molecule has 0 saturated carbocycles. The van der Waals surface area contributed by atoms with Crippen molar-refractivity contribution in [1.82, 2.24) is 4.98 Å². The van der Waals surface area contributed by atoms with E-state index in [0.29, 0.717) is 0 Å². The quantitative estimate of drug-likeness (QED) is 0.547. The van der Waals surface area contributed by atoms with Crippen LogP contribution in [0.3, 0.4) is 0 Å². The number of halogens is 2. The Labute approximate surface area is 130 Å². The molecule has 18 heavy (non-hydrogen) atoms. The molecule has 1 heterocycles. The third-order valence-electron chi connectivity index (χ3n) is 2.56. The number of nitrogens with zero attached hydrogens (tertiary/aromatic N) is 1. The van der Waals surface area contributed by atoms with Gasteiger partial charge in [-0.25, -0.2) is 4.98 Å². The van der Waals surface area contributed by atoms with Gasteiger partial charge in [0.05, 0.1) is 15.8 Å². The summed E-state index contributed by atoms with van der Waals surface area (Å²) < 4.78 is 3.08. The summed E-state index contributed by atoms with van der Waals surface area (Å²) in [6, 6.07) is 11.6. The Morgan fingerprint density at radius 1 is 1.22 bits per heavy atom. The second kappa shape index (κ2) is 4.79. The zero-order valence-corrected chi connectivity index (χ0v) is 13.6. The fourth-order valence-electron chi connectivity index (χ4n) is 1.70. The van der Waals surface area contributed by atoms with E-state index in [1.54, 1.807) is 17.4 Å². The lowest BCUT2D eigenvalue weighted by Crippen LogP contribution is -1.81. The van der Waals surface area contributed by atoms with Gasteiger partial charge in [0.2, 0.25) is 0 Å². The van der Waals surface area contributed by atoms with Gasteiger partial charge in [-0.05, 0) is 62.8 Å². The highest BCUT2D eigenvalue weighted by atomic mass is 127. The molecule has 0 atom stereocenters. The molecule has 1 aromatic heterocycles. The minimum absolute atomic E-state index is 0.265. The van der Waals surface area contributed by atoms with Crippen LogP contribution in [0.25, 0.3) is 20.8 Å². The van der Waals surface area contributed by atoms with Gasteiger partial charge in [0.15, 0.2) is 0 Å². The lowest BCUT2D eigenvalue weighted by atomic mass is 10.2. The highest BCUT2D eigenvalue weighted by Crippen LogP contribution is 2.38. The van der Waals surface area contributed by atoms with Gasteiger partial charge in [-0.1, -0.05) is 12.1 Å². The Kier molecular flexibility index (Phi) is 3.29. The van der Waals surface area contributed by atoms with Crippen LogP contribution < -0.4 is 0 Å². The molecule has 0 unspecified atom stereocenters. The first-order valence-corrected chi connectivity index (χ1v) is 7.88. The van der Waals surface area contributed by atoms with Crippen LogP contribution in [0.15, 0.2) is 40.9 Å². The summed E-state index contributed by atoms with van der Waals surface area (Å²) in [5.41, 5.74) is 1.73. The van der Waals surface area contributed by atoms with E-state index in [1.165, 1.54) is 0 Å². The molecule has 0 saturated heterocycles. The van der Waals surface area contributed by atoms with Gasteiger partial charge in [0, 0.05) is 8.04 Å². The Morgan fingerprint density at radius 2 is 2.00 bits per heavy atom. The lowest BCUT2D eigenvalue weighted by Gasteiger charge is -2.03. The molecule has 0 aliphatic carbocycles. The zero-order chi connectivity index (χ0) is 12.7. The van der Waals surface area contributed by atoms with Crippen LogP contribution in [-0.2, 0) is 0 Å². The predicted molar refractivity (Wildman–Crippen MR) is 87.1 cm³/mol. The second-order valence-corrected chi connectivity index (χ2v) is 6.82. The van der Waals surface area contributed by atoms with Gasteiger partial charge in [0.25, 0.3) is 0 Å². The SMILES string of the molecule is Oc1cc(I)c(Br)cc1-c1nc2ccccc2s1. The Bertz CT molecular complexity index is 708. The van der Waals surface area contributed by atoms with Gasteiger partial charge in [-0.3, -0.25) is 0 Å². The van der Waals surface area contributed by atoms with E-state index in [-0.39, 0.29) is 5.75 Å². The van der Waals surface area contributed by atoms with Crippen LogP contribution in [0.1, 0.15) is 0 Å². The second-order valence-electron chi connectivity index (χ2n) is 3.77. The van der Waals surface area contributed by atoms with E-state index < -0.39 is 0 Å². The van der Waals surface area contributed by atoms with Crippen LogP contribution >= 0.6 is 49.9 Å². The van der Waals surface area contributed by atoms with Gasteiger partial charge in [-0.15, -0.1) is 11.3 Å². The number of phenolic OH excluding ortho intramolecular Hbond substituents is 1. The standard InChI is InChI=1S/C13H7BrINOS/c14-8-5-7(11(17)6-9(8)15)13-16-10-3-1-2-4-12(10)18-13/h1-6,17H. The Balaban J connectivity index is 2.22. The molecule has 2 nitrogen and oxygen atoms in total. The molecule has 0 bridgehead atoms. The van der Waals surface area contributed by atoms with Gasteiger partial charge >= 0.3 is 0 Å². The van der Waals surface area contributed by atoms with E-state index in [4.69, 9.17) is 0 Å². The molecule has 3 rings (SSSR count). The summed E-state index contributed by atoms with van der Waals surface area (Å²) in [7, 11) is 0. The monoisotopic (exact) mass is 431 g/mol. The highest BCUT2D eigenvalue weighted by molar-refractivity contribution is 14.1. The maximum absolute atomic E-state index is 10.0. The average molecular weight is 432 g/mol. The summed E-state index contributed by atoms with van der Waals surface area (Å²) in [4.78, 5) is 4.55. The van der Waals surface area contributed by atoms with E-state index in [0.717, 1.165) is 28.8 Å². The maximum Gasteiger partial charge on any atom is 0.128 e. The van der Waals surface area contributed by atoms with Crippen LogP contribution in [0, 0.1) is 3.57 Å². The van der Waals surface area contributed by atoms with E-state index in [2.05, 4.69) is 43.5 Å².